The number of hydrazone groups is 1. The molecule has 6 heteroatoms. The predicted octanol–water partition coefficient (Wildman–Crippen LogP) is 5.14. The van der Waals surface area contributed by atoms with Crippen LogP contribution in [0.3, 0.4) is 0 Å². The molecule has 35 heavy (non-hydrogen) atoms. The van der Waals surface area contributed by atoms with Crippen LogP contribution in [0.5, 0.6) is 0 Å². The number of carbonyl (C=O) groups is 1. The van der Waals surface area contributed by atoms with E-state index in [9.17, 15) is 4.79 Å². The molecule has 3 aromatic rings. The largest absolute Gasteiger partial charge is 0.297 e. The van der Waals surface area contributed by atoms with Crippen molar-refractivity contribution in [1.29, 1.82) is 0 Å². The zero-order valence-corrected chi connectivity index (χ0v) is 20.9. The maximum absolute atomic E-state index is 13.5. The minimum absolute atomic E-state index is 0.0362. The number of hydrogen-bond donors (Lipinski definition) is 0. The summed E-state index contributed by atoms with van der Waals surface area (Å²) in [4.78, 5) is 18.2. The Labute approximate surface area is 212 Å². The Morgan fingerprint density at radius 1 is 0.886 bits per heavy atom. The fourth-order valence-corrected chi connectivity index (χ4v) is 5.10. The average molecular weight is 487 g/mol. The molecular weight excluding hydrogens is 456 g/mol. The van der Waals surface area contributed by atoms with Gasteiger partial charge < -0.3 is 0 Å². The quantitative estimate of drug-likeness (QED) is 0.484. The standard InChI is InChI=1S/C29H31ClN4O/c1-22-11-13-24(14-12-22)28-19-27(25-9-5-6-10-26(25)30)31-34(28)29(35)21-33-17-15-32(16-18-33)20-23-7-3-2-4-8-23/h2-14,28H,15-21H2,1H3. The Hall–Kier alpha value is -2.99. The summed E-state index contributed by atoms with van der Waals surface area (Å²) in [5, 5.41) is 7.17. The van der Waals surface area contributed by atoms with Gasteiger partial charge in [-0.25, -0.2) is 5.01 Å². The number of amides is 1. The molecule has 0 aromatic heterocycles. The summed E-state index contributed by atoms with van der Waals surface area (Å²) in [7, 11) is 0. The van der Waals surface area contributed by atoms with Gasteiger partial charge in [-0.2, -0.15) is 5.10 Å². The van der Waals surface area contributed by atoms with Gasteiger partial charge in [0.15, 0.2) is 0 Å². The van der Waals surface area contributed by atoms with Crippen LogP contribution in [0.1, 0.15) is 34.7 Å². The second-order valence-electron chi connectivity index (χ2n) is 9.43. The Morgan fingerprint density at radius 2 is 1.54 bits per heavy atom. The maximum atomic E-state index is 13.5. The van der Waals surface area contributed by atoms with Crippen LogP contribution in [-0.4, -0.2) is 59.2 Å². The molecule has 1 atom stereocenters. The van der Waals surface area contributed by atoms with E-state index in [0.29, 0.717) is 18.0 Å². The third-order valence-corrected chi connectivity index (χ3v) is 7.22. The van der Waals surface area contributed by atoms with Gasteiger partial charge in [-0.05, 0) is 24.1 Å². The summed E-state index contributed by atoms with van der Waals surface area (Å²) >= 11 is 6.48. The summed E-state index contributed by atoms with van der Waals surface area (Å²) in [5.41, 5.74) is 5.39. The van der Waals surface area contributed by atoms with Crippen molar-refractivity contribution >= 4 is 23.2 Å². The van der Waals surface area contributed by atoms with Crippen molar-refractivity contribution in [2.45, 2.75) is 25.9 Å². The van der Waals surface area contributed by atoms with Crippen LogP contribution in [-0.2, 0) is 11.3 Å². The van der Waals surface area contributed by atoms with E-state index in [0.717, 1.165) is 49.6 Å². The first kappa shape index (κ1) is 23.7. The second kappa shape index (κ2) is 10.7. The van der Waals surface area contributed by atoms with E-state index >= 15 is 0 Å². The van der Waals surface area contributed by atoms with Crippen molar-refractivity contribution in [1.82, 2.24) is 14.8 Å². The van der Waals surface area contributed by atoms with E-state index in [1.54, 1.807) is 5.01 Å². The highest BCUT2D eigenvalue weighted by atomic mass is 35.5. The Morgan fingerprint density at radius 3 is 2.26 bits per heavy atom. The molecule has 2 aliphatic heterocycles. The van der Waals surface area contributed by atoms with Crippen LogP contribution < -0.4 is 0 Å². The first-order chi connectivity index (χ1) is 17.1. The highest BCUT2D eigenvalue weighted by molar-refractivity contribution is 6.34. The van der Waals surface area contributed by atoms with E-state index in [4.69, 9.17) is 16.7 Å². The molecule has 5 rings (SSSR count). The summed E-state index contributed by atoms with van der Waals surface area (Å²) in [6, 6.07) is 26.6. The Kier molecular flexibility index (Phi) is 7.28. The molecule has 1 unspecified atom stereocenters. The molecule has 1 amide bonds. The molecule has 0 saturated carbocycles. The molecule has 2 aliphatic rings. The van der Waals surface area contributed by atoms with Crippen LogP contribution in [0.15, 0.2) is 84.0 Å². The Bertz CT molecular complexity index is 1190. The first-order valence-corrected chi connectivity index (χ1v) is 12.6. The molecule has 1 saturated heterocycles. The van der Waals surface area contributed by atoms with Gasteiger partial charge >= 0.3 is 0 Å². The molecule has 5 nitrogen and oxygen atoms in total. The highest BCUT2D eigenvalue weighted by Crippen LogP contribution is 2.34. The van der Waals surface area contributed by atoms with Crippen LogP contribution in [0.25, 0.3) is 0 Å². The molecule has 0 spiro atoms. The van der Waals surface area contributed by atoms with Gasteiger partial charge in [0.25, 0.3) is 5.91 Å². The maximum Gasteiger partial charge on any atom is 0.257 e. The molecule has 180 valence electrons. The van der Waals surface area contributed by atoms with Crippen molar-refractivity contribution in [2.75, 3.05) is 32.7 Å². The third-order valence-electron chi connectivity index (χ3n) is 6.89. The Balaban J connectivity index is 1.28. The number of piperazine rings is 1. The average Bonchev–Trinajstić information content (AvgIpc) is 3.32. The number of hydrogen-bond acceptors (Lipinski definition) is 4. The lowest BCUT2D eigenvalue weighted by atomic mass is 9.97. The van der Waals surface area contributed by atoms with Gasteiger partial charge in [0, 0.05) is 49.7 Å². The molecule has 0 radical (unpaired) electrons. The summed E-state index contributed by atoms with van der Waals surface area (Å²) in [5.74, 6) is 0.0362. The number of nitrogens with zero attached hydrogens (tertiary/aromatic N) is 4. The van der Waals surface area contributed by atoms with Gasteiger partial charge in [-0.3, -0.25) is 14.6 Å². The minimum atomic E-state index is -0.117. The lowest BCUT2D eigenvalue weighted by molar-refractivity contribution is -0.134. The van der Waals surface area contributed by atoms with E-state index < -0.39 is 0 Å². The number of aryl methyl sites for hydroxylation is 1. The van der Waals surface area contributed by atoms with Crippen molar-refractivity contribution < 1.29 is 4.79 Å². The van der Waals surface area contributed by atoms with Crippen LogP contribution >= 0.6 is 11.6 Å². The predicted molar refractivity (Wildman–Crippen MR) is 142 cm³/mol. The zero-order chi connectivity index (χ0) is 24.2. The van der Waals surface area contributed by atoms with Crippen molar-refractivity contribution in [2.24, 2.45) is 5.10 Å². The number of halogens is 1. The SMILES string of the molecule is Cc1ccc(C2CC(c3ccccc3Cl)=NN2C(=O)CN2CCN(Cc3ccccc3)CC2)cc1. The molecule has 0 N–H and O–H groups in total. The van der Waals surface area contributed by atoms with Crippen LogP contribution in [0.2, 0.25) is 5.02 Å². The zero-order valence-electron chi connectivity index (χ0n) is 20.1. The second-order valence-corrected chi connectivity index (χ2v) is 9.84. The van der Waals surface area contributed by atoms with E-state index in [1.165, 1.54) is 11.1 Å². The number of carbonyl (C=O) groups excluding carboxylic acids is 1. The topological polar surface area (TPSA) is 39.2 Å². The van der Waals surface area contributed by atoms with Crippen molar-refractivity contribution in [3.63, 3.8) is 0 Å². The lowest BCUT2D eigenvalue weighted by Gasteiger charge is -2.35. The summed E-state index contributed by atoms with van der Waals surface area (Å²) in [6.45, 7) is 7.07. The van der Waals surface area contributed by atoms with Gasteiger partial charge in [0.1, 0.15) is 0 Å². The smallest absolute Gasteiger partial charge is 0.257 e. The number of rotatable bonds is 6. The van der Waals surface area contributed by atoms with E-state index in [1.807, 2.05) is 24.3 Å². The molecule has 0 aliphatic carbocycles. The first-order valence-electron chi connectivity index (χ1n) is 12.3. The molecular formula is C29H31ClN4O. The molecule has 1 fully saturated rings. The van der Waals surface area contributed by atoms with Gasteiger partial charge in [0.05, 0.1) is 18.3 Å². The fraction of sp³-hybridized carbons (Fsp3) is 0.310. The monoisotopic (exact) mass is 486 g/mol. The lowest BCUT2D eigenvalue weighted by Crippen LogP contribution is -2.49. The van der Waals surface area contributed by atoms with Crippen molar-refractivity contribution in [3.8, 4) is 0 Å². The minimum Gasteiger partial charge on any atom is -0.297 e. The summed E-state index contributed by atoms with van der Waals surface area (Å²) in [6.07, 6.45) is 0.656. The number of benzene rings is 3. The van der Waals surface area contributed by atoms with E-state index in [2.05, 4.69) is 71.3 Å². The molecule has 0 bridgehead atoms. The van der Waals surface area contributed by atoms with E-state index in [-0.39, 0.29) is 11.9 Å². The normalized spacial score (nSPS) is 19.1. The van der Waals surface area contributed by atoms with Gasteiger partial charge in [-0.1, -0.05) is 90.0 Å². The molecule has 3 aromatic carbocycles. The van der Waals surface area contributed by atoms with Gasteiger partial charge in [-0.15, -0.1) is 0 Å². The van der Waals surface area contributed by atoms with Crippen LogP contribution in [0, 0.1) is 6.92 Å². The highest BCUT2D eigenvalue weighted by Gasteiger charge is 2.34. The van der Waals surface area contributed by atoms with Gasteiger partial charge in [0.2, 0.25) is 0 Å². The third kappa shape index (κ3) is 5.64. The molecule has 2 heterocycles. The fourth-order valence-electron chi connectivity index (χ4n) is 4.86. The van der Waals surface area contributed by atoms with Crippen LogP contribution in [0.4, 0.5) is 0 Å². The van der Waals surface area contributed by atoms with Crippen molar-refractivity contribution in [3.05, 3.63) is 106 Å². The summed E-state index contributed by atoms with van der Waals surface area (Å²) < 4.78 is 0.